The minimum absolute atomic E-state index is 0.770. The Hall–Kier alpha value is -0.490. The average molecular weight is 261 g/mol. The zero-order valence-electron chi connectivity index (χ0n) is 11.0. The summed E-state index contributed by atoms with van der Waals surface area (Å²) in [6.07, 6.45) is 7.43. The van der Waals surface area contributed by atoms with Crippen molar-refractivity contribution in [3.63, 3.8) is 0 Å². The number of hydrogen-bond donors (Lipinski definition) is 0. The molecular formula is C17H21Cl. The van der Waals surface area contributed by atoms with Gasteiger partial charge in [-0.3, -0.25) is 0 Å². The minimum Gasteiger partial charge on any atom is -0.0840 e. The van der Waals surface area contributed by atoms with Crippen LogP contribution in [-0.2, 0) is 0 Å². The lowest BCUT2D eigenvalue weighted by atomic mass is 9.50. The van der Waals surface area contributed by atoms with Gasteiger partial charge in [0, 0.05) is 5.02 Å². The quantitative estimate of drug-likeness (QED) is 0.652. The van der Waals surface area contributed by atoms with Crippen LogP contribution >= 0.6 is 11.6 Å². The van der Waals surface area contributed by atoms with Crippen molar-refractivity contribution >= 4 is 11.6 Å². The lowest BCUT2D eigenvalue weighted by Crippen LogP contribution is -2.44. The summed E-state index contributed by atoms with van der Waals surface area (Å²) < 4.78 is 0. The summed E-state index contributed by atoms with van der Waals surface area (Å²) in [4.78, 5) is 0. The van der Waals surface area contributed by atoms with Crippen LogP contribution in [0.3, 0.4) is 0 Å². The van der Waals surface area contributed by atoms with E-state index < -0.39 is 0 Å². The Kier molecular flexibility index (Phi) is 2.52. The molecule has 0 atom stereocenters. The molecule has 4 bridgehead atoms. The molecule has 96 valence electrons. The predicted octanol–water partition coefficient (Wildman–Crippen LogP) is 5.19. The maximum absolute atomic E-state index is 6.52. The van der Waals surface area contributed by atoms with Crippen LogP contribution in [0.5, 0.6) is 0 Å². The second-order valence-corrected chi connectivity index (χ2v) is 7.33. The number of aryl methyl sites for hydroxylation is 1. The fourth-order valence-electron chi connectivity index (χ4n) is 5.46. The molecule has 0 aliphatic heterocycles. The SMILES string of the molecule is Cc1cccc(Cl)c1C1C2CC3CC(C2)CC1C3. The van der Waals surface area contributed by atoms with Crippen LogP contribution in [0.25, 0.3) is 0 Å². The van der Waals surface area contributed by atoms with Gasteiger partial charge in [0.25, 0.3) is 0 Å². The zero-order valence-corrected chi connectivity index (χ0v) is 11.8. The fourth-order valence-corrected chi connectivity index (χ4v) is 5.81. The van der Waals surface area contributed by atoms with Crippen molar-refractivity contribution in [3.05, 3.63) is 34.3 Å². The minimum atomic E-state index is 0.770. The summed E-state index contributed by atoms with van der Waals surface area (Å²) in [7, 11) is 0. The van der Waals surface area contributed by atoms with Crippen LogP contribution in [0.1, 0.15) is 49.1 Å². The molecule has 1 heteroatoms. The van der Waals surface area contributed by atoms with E-state index in [2.05, 4.69) is 25.1 Å². The van der Waals surface area contributed by atoms with Gasteiger partial charge in [-0.25, -0.2) is 0 Å². The molecule has 0 heterocycles. The zero-order chi connectivity index (χ0) is 12.3. The summed E-state index contributed by atoms with van der Waals surface area (Å²) >= 11 is 6.52. The Morgan fingerprint density at radius 1 is 0.944 bits per heavy atom. The van der Waals surface area contributed by atoms with E-state index in [-0.39, 0.29) is 0 Å². The smallest absolute Gasteiger partial charge is 0.0443 e. The molecule has 4 fully saturated rings. The number of benzene rings is 1. The van der Waals surface area contributed by atoms with Gasteiger partial charge in [0.1, 0.15) is 0 Å². The first-order chi connectivity index (χ1) is 8.72. The van der Waals surface area contributed by atoms with Gasteiger partial charge in [-0.15, -0.1) is 0 Å². The highest BCUT2D eigenvalue weighted by Gasteiger charge is 2.49. The molecule has 5 rings (SSSR count). The van der Waals surface area contributed by atoms with Crippen molar-refractivity contribution in [1.82, 2.24) is 0 Å². The Balaban J connectivity index is 1.77. The van der Waals surface area contributed by atoms with E-state index in [1.807, 2.05) is 0 Å². The van der Waals surface area contributed by atoms with Crippen LogP contribution in [-0.4, -0.2) is 0 Å². The van der Waals surface area contributed by atoms with E-state index in [4.69, 9.17) is 11.6 Å². The maximum atomic E-state index is 6.52. The summed E-state index contributed by atoms with van der Waals surface area (Å²) in [5, 5.41) is 1.02. The second kappa shape index (κ2) is 4.00. The van der Waals surface area contributed by atoms with Gasteiger partial charge in [-0.05, 0) is 85.8 Å². The van der Waals surface area contributed by atoms with Crippen LogP contribution in [0.15, 0.2) is 18.2 Å². The lowest BCUT2D eigenvalue weighted by Gasteiger charge is -2.55. The van der Waals surface area contributed by atoms with Crippen LogP contribution < -0.4 is 0 Å². The monoisotopic (exact) mass is 260 g/mol. The molecule has 0 radical (unpaired) electrons. The Labute approximate surface area is 115 Å². The van der Waals surface area contributed by atoms with Gasteiger partial charge in [-0.1, -0.05) is 23.7 Å². The summed E-state index contributed by atoms with van der Waals surface area (Å²) in [5.41, 5.74) is 2.91. The van der Waals surface area contributed by atoms with E-state index in [1.165, 1.54) is 43.2 Å². The van der Waals surface area contributed by atoms with E-state index in [0.717, 1.165) is 34.6 Å². The molecule has 1 aromatic rings. The highest BCUT2D eigenvalue weighted by atomic mass is 35.5. The Morgan fingerprint density at radius 2 is 1.56 bits per heavy atom. The van der Waals surface area contributed by atoms with Crippen LogP contribution in [0, 0.1) is 30.6 Å². The van der Waals surface area contributed by atoms with Crippen molar-refractivity contribution < 1.29 is 0 Å². The highest BCUT2D eigenvalue weighted by Crippen LogP contribution is 2.60. The molecule has 0 spiro atoms. The number of hydrogen-bond acceptors (Lipinski definition) is 0. The fraction of sp³-hybridized carbons (Fsp3) is 0.647. The third-order valence-electron chi connectivity index (χ3n) is 5.83. The highest BCUT2D eigenvalue weighted by molar-refractivity contribution is 6.31. The molecule has 1 aromatic carbocycles. The first kappa shape index (κ1) is 11.3. The van der Waals surface area contributed by atoms with Crippen LogP contribution in [0.4, 0.5) is 0 Å². The van der Waals surface area contributed by atoms with E-state index >= 15 is 0 Å². The molecule has 18 heavy (non-hydrogen) atoms. The molecule has 0 aromatic heterocycles. The van der Waals surface area contributed by atoms with E-state index in [1.54, 1.807) is 0 Å². The van der Waals surface area contributed by atoms with Crippen LogP contribution in [0.2, 0.25) is 5.02 Å². The maximum Gasteiger partial charge on any atom is 0.0443 e. The topological polar surface area (TPSA) is 0 Å². The van der Waals surface area contributed by atoms with E-state index in [9.17, 15) is 0 Å². The van der Waals surface area contributed by atoms with Gasteiger partial charge in [0.05, 0.1) is 0 Å². The predicted molar refractivity (Wildman–Crippen MR) is 76.0 cm³/mol. The summed E-state index contributed by atoms with van der Waals surface area (Å²) in [5.74, 6) is 4.73. The molecule has 0 unspecified atom stereocenters. The summed E-state index contributed by atoms with van der Waals surface area (Å²) in [6.45, 7) is 2.24. The lowest BCUT2D eigenvalue weighted by molar-refractivity contribution is -0.00294. The molecule has 0 saturated heterocycles. The number of rotatable bonds is 1. The Morgan fingerprint density at radius 3 is 2.11 bits per heavy atom. The standard InChI is InChI=1S/C17H21Cl/c1-10-3-2-4-15(18)16(10)17-13-6-11-5-12(8-13)9-14(17)7-11/h2-4,11-14,17H,5-9H2,1H3. The average Bonchev–Trinajstić information content (AvgIpc) is 2.31. The molecule has 4 aliphatic carbocycles. The van der Waals surface area contributed by atoms with Crippen molar-refractivity contribution in [1.29, 1.82) is 0 Å². The number of halogens is 1. The first-order valence-electron chi connectivity index (χ1n) is 7.47. The third kappa shape index (κ3) is 1.58. The van der Waals surface area contributed by atoms with Crippen molar-refractivity contribution in [3.8, 4) is 0 Å². The van der Waals surface area contributed by atoms with Gasteiger partial charge < -0.3 is 0 Å². The third-order valence-corrected chi connectivity index (χ3v) is 6.16. The molecular weight excluding hydrogens is 240 g/mol. The van der Waals surface area contributed by atoms with Gasteiger partial charge >= 0.3 is 0 Å². The molecule has 4 saturated carbocycles. The van der Waals surface area contributed by atoms with Gasteiger partial charge in [-0.2, -0.15) is 0 Å². The molecule has 4 aliphatic rings. The summed E-state index contributed by atoms with van der Waals surface area (Å²) in [6, 6.07) is 6.43. The van der Waals surface area contributed by atoms with Gasteiger partial charge in [0.2, 0.25) is 0 Å². The molecule has 0 amide bonds. The van der Waals surface area contributed by atoms with Crippen molar-refractivity contribution in [2.24, 2.45) is 23.7 Å². The largest absolute Gasteiger partial charge is 0.0840 e. The molecule has 0 nitrogen and oxygen atoms in total. The van der Waals surface area contributed by atoms with Gasteiger partial charge in [0.15, 0.2) is 0 Å². The first-order valence-corrected chi connectivity index (χ1v) is 7.85. The van der Waals surface area contributed by atoms with Crippen molar-refractivity contribution in [2.75, 3.05) is 0 Å². The van der Waals surface area contributed by atoms with Crippen molar-refractivity contribution in [2.45, 2.75) is 44.9 Å². The van der Waals surface area contributed by atoms with E-state index in [0.29, 0.717) is 0 Å². The Bertz CT molecular complexity index is 428. The molecule has 0 N–H and O–H groups in total. The normalized spacial score (nSPS) is 41.3. The second-order valence-electron chi connectivity index (χ2n) is 6.93.